The third-order valence-electron chi connectivity index (χ3n) is 4.16. The first-order valence-corrected chi connectivity index (χ1v) is 8.91. The highest BCUT2D eigenvalue weighted by molar-refractivity contribution is 9.10. The second-order valence-corrected chi connectivity index (χ2v) is 6.95. The van der Waals surface area contributed by atoms with Gasteiger partial charge in [0, 0.05) is 10.2 Å². The summed E-state index contributed by atoms with van der Waals surface area (Å²) in [6.45, 7) is 5.39. The number of para-hydroxylation sites is 1. The van der Waals surface area contributed by atoms with Crippen LogP contribution in [0.3, 0.4) is 0 Å². The number of nitrogens with zero attached hydrogens (tertiary/aromatic N) is 2. The summed E-state index contributed by atoms with van der Waals surface area (Å²) in [5, 5.41) is 7.12. The molecule has 3 aromatic rings. The molecule has 5 nitrogen and oxygen atoms in total. The normalized spacial score (nSPS) is 10.6. The maximum atomic E-state index is 12.7. The molecule has 2 aromatic carbocycles. The number of halogens is 1. The number of benzene rings is 2. The highest BCUT2D eigenvalue weighted by atomic mass is 79.9. The number of ketones is 1. The number of anilines is 1. The number of hydrogen-bond donors (Lipinski definition) is 1. The van der Waals surface area contributed by atoms with E-state index in [9.17, 15) is 9.59 Å². The Kier molecular flexibility index (Phi) is 5.04. The van der Waals surface area contributed by atoms with Crippen molar-refractivity contribution in [3.05, 3.63) is 75.5 Å². The summed E-state index contributed by atoms with van der Waals surface area (Å²) in [6.07, 6.45) is 0. The van der Waals surface area contributed by atoms with Crippen molar-refractivity contribution in [1.82, 2.24) is 9.78 Å². The Morgan fingerprint density at radius 2 is 1.73 bits per heavy atom. The van der Waals surface area contributed by atoms with Crippen LogP contribution in [-0.4, -0.2) is 21.5 Å². The third-order valence-corrected chi connectivity index (χ3v) is 4.66. The van der Waals surface area contributed by atoms with Crippen molar-refractivity contribution >= 4 is 33.3 Å². The molecule has 1 amide bonds. The zero-order chi connectivity index (χ0) is 18.8. The molecule has 0 saturated carbocycles. The first-order chi connectivity index (χ1) is 12.4. The average molecular weight is 412 g/mol. The predicted octanol–water partition coefficient (Wildman–Crippen LogP) is 4.38. The van der Waals surface area contributed by atoms with E-state index in [2.05, 4.69) is 26.3 Å². The van der Waals surface area contributed by atoms with Crippen molar-refractivity contribution in [2.24, 2.45) is 0 Å². The lowest BCUT2D eigenvalue weighted by Crippen LogP contribution is -2.24. The van der Waals surface area contributed by atoms with Gasteiger partial charge in [-0.3, -0.25) is 9.59 Å². The molecule has 6 heteroatoms. The molecule has 0 bridgehead atoms. The van der Waals surface area contributed by atoms with Crippen LogP contribution >= 0.6 is 15.9 Å². The van der Waals surface area contributed by atoms with E-state index in [1.165, 1.54) is 0 Å². The molecule has 0 spiro atoms. The monoisotopic (exact) mass is 411 g/mol. The van der Waals surface area contributed by atoms with Gasteiger partial charge in [-0.15, -0.1) is 0 Å². The van der Waals surface area contributed by atoms with Crippen LogP contribution in [0.25, 0.3) is 5.69 Å². The first-order valence-electron chi connectivity index (χ1n) is 8.12. The van der Waals surface area contributed by atoms with Crippen LogP contribution in [-0.2, 0) is 4.79 Å². The molecule has 0 aliphatic carbocycles. The van der Waals surface area contributed by atoms with Crippen molar-refractivity contribution in [3.63, 3.8) is 0 Å². The van der Waals surface area contributed by atoms with Gasteiger partial charge < -0.3 is 5.32 Å². The molecule has 132 valence electrons. The zero-order valence-electron chi connectivity index (χ0n) is 14.7. The number of rotatable bonds is 4. The Labute approximate surface area is 160 Å². The SMILES string of the molecule is Cc1cc(Br)ccc1NC(=O)C(=O)c1c(C)nn(-c2ccccc2)c1C. The van der Waals surface area contributed by atoms with Crippen molar-refractivity contribution in [2.75, 3.05) is 5.32 Å². The fraction of sp³-hybridized carbons (Fsp3) is 0.150. The highest BCUT2D eigenvalue weighted by Crippen LogP contribution is 2.22. The number of hydrogen-bond acceptors (Lipinski definition) is 3. The molecule has 0 radical (unpaired) electrons. The van der Waals surface area contributed by atoms with E-state index in [0.29, 0.717) is 22.6 Å². The summed E-state index contributed by atoms with van der Waals surface area (Å²) in [6, 6.07) is 15.0. The summed E-state index contributed by atoms with van der Waals surface area (Å²) in [5.41, 5.74) is 3.82. The van der Waals surface area contributed by atoms with E-state index in [-0.39, 0.29) is 0 Å². The summed E-state index contributed by atoms with van der Waals surface area (Å²) in [7, 11) is 0. The van der Waals surface area contributed by atoms with Gasteiger partial charge in [0.05, 0.1) is 22.6 Å². The minimum Gasteiger partial charge on any atom is -0.319 e. The van der Waals surface area contributed by atoms with Crippen LogP contribution in [0.15, 0.2) is 53.0 Å². The molecule has 26 heavy (non-hydrogen) atoms. The molecular weight excluding hydrogens is 394 g/mol. The molecule has 0 saturated heterocycles. The molecule has 0 aliphatic rings. The van der Waals surface area contributed by atoms with Crippen LogP contribution in [0.1, 0.15) is 27.3 Å². The Bertz CT molecular complexity index is 994. The van der Waals surface area contributed by atoms with Crippen LogP contribution in [0.5, 0.6) is 0 Å². The van der Waals surface area contributed by atoms with Gasteiger partial charge in [0.1, 0.15) is 0 Å². The molecule has 0 aliphatic heterocycles. The van der Waals surface area contributed by atoms with E-state index in [4.69, 9.17) is 0 Å². The predicted molar refractivity (Wildman–Crippen MR) is 105 cm³/mol. The number of aryl methyl sites for hydroxylation is 2. The van der Waals surface area contributed by atoms with Gasteiger partial charge in [0.25, 0.3) is 11.7 Å². The standard InChI is InChI=1S/C20H18BrN3O2/c1-12-11-15(21)9-10-17(12)22-20(26)19(25)18-13(2)23-24(14(18)3)16-7-5-4-6-8-16/h4-11H,1-3H3,(H,22,26). The molecule has 1 N–H and O–H groups in total. The molecule has 1 heterocycles. The number of aromatic nitrogens is 2. The first kappa shape index (κ1) is 18.1. The maximum Gasteiger partial charge on any atom is 0.296 e. The number of carbonyl (C=O) groups is 2. The third kappa shape index (κ3) is 3.46. The van der Waals surface area contributed by atoms with Gasteiger partial charge >= 0.3 is 0 Å². The van der Waals surface area contributed by atoms with Crippen LogP contribution in [0, 0.1) is 20.8 Å². The highest BCUT2D eigenvalue weighted by Gasteiger charge is 2.25. The lowest BCUT2D eigenvalue weighted by Gasteiger charge is -2.08. The fourth-order valence-corrected chi connectivity index (χ4v) is 3.33. The van der Waals surface area contributed by atoms with Gasteiger partial charge in [-0.05, 0) is 56.7 Å². The number of nitrogens with one attached hydrogen (secondary N) is 1. The quantitative estimate of drug-likeness (QED) is 0.511. The molecule has 0 fully saturated rings. The summed E-state index contributed by atoms with van der Waals surface area (Å²) in [4.78, 5) is 25.2. The fourth-order valence-electron chi connectivity index (χ4n) is 2.85. The summed E-state index contributed by atoms with van der Waals surface area (Å²) in [5.74, 6) is -1.27. The lowest BCUT2D eigenvalue weighted by molar-refractivity contribution is -0.112. The molecular formula is C20H18BrN3O2. The van der Waals surface area contributed by atoms with E-state index < -0.39 is 11.7 Å². The number of carbonyl (C=O) groups excluding carboxylic acids is 2. The summed E-state index contributed by atoms with van der Waals surface area (Å²) >= 11 is 3.38. The zero-order valence-corrected chi connectivity index (χ0v) is 16.3. The van der Waals surface area contributed by atoms with Crippen LogP contribution in [0.2, 0.25) is 0 Å². The lowest BCUT2D eigenvalue weighted by atomic mass is 10.1. The maximum absolute atomic E-state index is 12.7. The number of Topliss-reactive ketones (excluding diaryl/α,β-unsaturated/α-hetero) is 1. The van der Waals surface area contributed by atoms with Gasteiger partial charge in [-0.25, -0.2) is 4.68 Å². The Balaban J connectivity index is 1.90. The minimum atomic E-state index is -0.672. The Morgan fingerprint density at radius 1 is 1.04 bits per heavy atom. The van der Waals surface area contributed by atoms with E-state index in [1.807, 2.05) is 49.4 Å². The van der Waals surface area contributed by atoms with Gasteiger partial charge in [0.2, 0.25) is 0 Å². The topological polar surface area (TPSA) is 64.0 Å². The average Bonchev–Trinajstić information content (AvgIpc) is 2.92. The van der Waals surface area contributed by atoms with E-state index in [0.717, 1.165) is 15.7 Å². The van der Waals surface area contributed by atoms with Crippen molar-refractivity contribution in [3.8, 4) is 5.69 Å². The number of amides is 1. The van der Waals surface area contributed by atoms with Crippen molar-refractivity contribution in [2.45, 2.75) is 20.8 Å². The van der Waals surface area contributed by atoms with Crippen molar-refractivity contribution in [1.29, 1.82) is 0 Å². The molecule has 3 rings (SSSR count). The molecule has 0 unspecified atom stereocenters. The second kappa shape index (κ2) is 7.25. The van der Waals surface area contributed by atoms with Crippen LogP contribution < -0.4 is 5.32 Å². The molecule has 0 atom stereocenters. The van der Waals surface area contributed by atoms with Gasteiger partial charge in [-0.1, -0.05) is 34.1 Å². The van der Waals surface area contributed by atoms with Gasteiger partial charge in [0.15, 0.2) is 0 Å². The molecule has 1 aromatic heterocycles. The Hall–Kier alpha value is -2.73. The summed E-state index contributed by atoms with van der Waals surface area (Å²) < 4.78 is 2.59. The minimum absolute atomic E-state index is 0.334. The van der Waals surface area contributed by atoms with Crippen LogP contribution in [0.4, 0.5) is 5.69 Å². The largest absolute Gasteiger partial charge is 0.319 e. The Morgan fingerprint density at radius 3 is 2.38 bits per heavy atom. The van der Waals surface area contributed by atoms with E-state index in [1.54, 1.807) is 24.6 Å². The second-order valence-electron chi connectivity index (χ2n) is 6.04. The van der Waals surface area contributed by atoms with Gasteiger partial charge in [-0.2, -0.15) is 5.10 Å². The van der Waals surface area contributed by atoms with Crippen molar-refractivity contribution < 1.29 is 9.59 Å². The van der Waals surface area contributed by atoms with E-state index >= 15 is 0 Å². The smallest absolute Gasteiger partial charge is 0.296 e.